The van der Waals surface area contributed by atoms with Crippen LogP contribution in [0.2, 0.25) is 0 Å². The highest BCUT2D eigenvalue weighted by molar-refractivity contribution is 7.25. The van der Waals surface area contributed by atoms with E-state index >= 15 is 0 Å². The lowest BCUT2D eigenvalue weighted by atomic mass is 10.2. The van der Waals surface area contributed by atoms with E-state index in [1.807, 2.05) is 19.1 Å². The Hall–Kier alpha value is -3.46. The van der Waals surface area contributed by atoms with Crippen LogP contribution < -0.4 is 20.3 Å². The molecule has 1 atom stereocenters. The van der Waals surface area contributed by atoms with E-state index in [0.717, 1.165) is 10.2 Å². The molecular weight excluding hydrogens is 404 g/mol. The van der Waals surface area contributed by atoms with Crippen molar-refractivity contribution in [1.29, 1.82) is 0 Å². The minimum Gasteiger partial charge on any atom is -0.497 e. The Balaban J connectivity index is 1.71. The van der Waals surface area contributed by atoms with Crippen molar-refractivity contribution < 1.29 is 14.3 Å². The third-order valence-electron chi connectivity index (χ3n) is 4.82. The predicted octanol–water partition coefficient (Wildman–Crippen LogP) is 3.61. The van der Waals surface area contributed by atoms with E-state index < -0.39 is 6.04 Å². The fourth-order valence-corrected chi connectivity index (χ4v) is 4.35. The van der Waals surface area contributed by atoms with Crippen LogP contribution in [0.15, 0.2) is 47.7 Å². The summed E-state index contributed by atoms with van der Waals surface area (Å²) in [7, 11) is 3.07. The molecule has 3 heterocycles. The maximum absolute atomic E-state index is 13.1. The van der Waals surface area contributed by atoms with E-state index in [9.17, 15) is 9.59 Å². The lowest BCUT2D eigenvalue weighted by molar-refractivity contribution is -0.119. The molecule has 0 fully saturated rings. The molecule has 30 heavy (non-hydrogen) atoms. The van der Waals surface area contributed by atoms with Gasteiger partial charge in [0, 0.05) is 35.5 Å². The fourth-order valence-electron chi connectivity index (χ4n) is 3.32. The van der Waals surface area contributed by atoms with Gasteiger partial charge >= 0.3 is 0 Å². The summed E-state index contributed by atoms with van der Waals surface area (Å²) in [6, 6.07) is 8.07. The molecule has 0 saturated carbocycles. The molecule has 0 bridgehead atoms. The van der Waals surface area contributed by atoms with Gasteiger partial charge in [-0.05, 0) is 18.6 Å². The molecular formula is C21H20N4O4S. The topological polar surface area (TPSA) is 95.3 Å². The van der Waals surface area contributed by atoms with E-state index in [0.29, 0.717) is 33.8 Å². The zero-order valence-corrected chi connectivity index (χ0v) is 17.5. The summed E-state index contributed by atoms with van der Waals surface area (Å²) in [6.45, 7) is 1.85. The van der Waals surface area contributed by atoms with Crippen molar-refractivity contribution in [2.45, 2.75) is 19.4 Å². The van der Waals surface area contributed by atoms with Gasteiger partial charge in [-0.2, -0.15) is 0 Å². The fraction of sp³-hybridized carbons (Fsp3) is 0.238. The highest BCUT2D eigenvalue weighted by Crippen LogP contribution is 2.29. The average Bonchev–Trinajstić information content (AvgIpc) is 3.15. The number of nitrogens with one attached hydrogen (secondary N) is 1. The van der Waals surface area contributed by atoms with Crippen LogP contribution in [-0.4, -0.2) is 34.7 Å². The predicted molar refractivity (Wildman–Crippen MR) is 117 cm³/mol. The highest BCUT2D eigenvalue weighted by Gasteiger charge is 2.23. The molecule has 0 radical (unpaired) electrons. The van der Waals surface area contributed by atoms with Gasteiger partial charge in [-0.3, -0.25) is 14.2 Å². The minimum absolute atomic E-state index is 0.256. The minimum atomic E-state index is -0.718. The Labute approximate surface area is 176 Å². The summed E-state index contributed by atoms with van der Waals surface area (Å²) < 4.78 is 12.4. The Bertz CT molecular complexity index is 1280. The summed E-state index contributed by atoms with van der Waals surface area (Å²) in [5.41, 5.74) is 0.869. The smallest absolute Gasteiger partial charge is 0.272 e. The number of aromatic nitrogens is 3. The van der Waals surface area contributed by atoms with Crippen LogP contribution in [0.3, 0.4) is 0 Å². The van der Waals surface area contributed by atoms with Crippen LogP contribution in [0.5, 0.6) is 11.5 Å². The Kier molecular flexibility index (Phi) is 5.37. The van der Waals surface area contributed by atoms with Gasteiger partial charge < -0.3 is 14.8 Å². The van der Waals surface area contributed by atoms with E-state index in [2.05, 4.69) is 15.3 Å². The first-order valence-electron chi connectivity index (χ1n) is 9.34. The molecule has 0 spiro atoms. The second kappa shape index (κ2) is 8.11. The van der Waals surface area contributed by atoms with Crippen molar-refractivity contribution in [3.63, 3.8) is 0 Å². The molecule has 0 aliphatic heterocycles. The number of rotatable bonds is 6. The first kappa shape index (κ1) is 19.8. The molecule has 1 amide bonds. The first-order valence-corrected chi connectivity index (χ1v) is 10.2. The van der Waals surface area contributed by atoms with Crippen molar-refractivity contribution in [3.8, 4) is 11.5 Å². The van der Waals surface area contributed by atoms with Crippen LogP contribution in [0.25, 0.3) is 20.4 Å². The summed E-state index contributed by atoms with van der Waals surface area (Å²) in [4.78, 5) is 35.7. The Morgan fingerprint density at radius 1 is 1.20 bits per heavy atom. The summed E-state index contributed by atoms with van der Waals surface area (Å²) in [5.74, 6) is 0.779. The molecule has 0 aliphatic carbocycles. The third-order valence-corrected chi connectivity index (χ3v) is 5.91. The quantitative estimate of drug-likeness (QED) is 0.508. The van der Waals surface area contributed by atoms with Crippen LogP contribution >= 0.6 is 11.3 Å². The number of thiophene rings is 1. The number of fused-ring (bicyclic) bond motifs is 3. The van der Waals surface area contributed by atoms with Crippen molar-refractivity contribution in [1.82, 2.24) is 14.5 Å². The van der Waals surface area contributed by atoms with Crippen LogP contribution in [0.1, 0.15) is 19.4 Å². The number of amides is 1. The number of carbonyl (C=O) groups is 1. The van der Waals surface area contributed by atoms with E-state index in [1.54, 1.807) is 24.4 Å². The van der Waals surface area contributed by atoms with Crippen LogP contribution in [0.4, 0.5) is 5.69 Å². The summed E-state index contributed by atoms with van der Waals surface area (Å²) >= 11 is 1.28. The number of hydrogen-bond donors (Lipinski definition) is 1. The molecule has 1 N–H and O–H groups in total. The average molecular weight is 424 g/mol. The normalized spacial score (nSPS) is 12.1. The number of hydrogen-bond acceptors (Lipinski definition) is 7. The molecule has 154 valence electrons. The molecule has 9 heteroatoms. The largest absolute Gasteiger partial charge is 0.497 e. The second-order valence-electron chi connectivity index (χ2n) is 6.61. The number of methoxy groups -OCH3 is 2. The molecule has 0 aliphatic rings. The van der Waals surface area contributed by atoms with Crippen molar-refractivity contribution in [2.75, 3.05) is 19.5 Å². The van der Waals surface area contributed by atoms with Crippen molar-refractivity contribution in [2.24, 2.45) is 0 Å². The molecule has 4 aromatic rings. The van der Waals surface area contributed by atoms with Gasteiger partial charge in [0.15, 0.2) is 0 Å². The van der Waals surface area contributed by atoms with Crippen LogP contribution in [0, 0.1) is 0 Å². The molecule has 4 rings (SSSR count). The number of anilines is 1. The third kappa shape index (κ3) is 3.48. The van der Waals surface area contributed by atoms with Crippen molar-refractivity contribution >= 4 is 43.4 Å². The van der Waals surface area contributed by atoms with E-state index in [4.69, 9.17) is 9.47 Å². The first-order chi connectivity index (χ1) is 14.5. The van der Waals surface area contributed by atoms with Gasteiger partial charge in [0.25, 0.3) is 5.56 Å². The van der Waals surface area contributed by atoms with Gasteiger partial charge in [0.2, 0.25) is 5.91 Å². The van der Waals surface area contributed by atoms with Crippen LogP contribution in [-0.2, 0) is 4.79 Å². The molecule has 0 unspecified atom stereocenters. The molecule has 3 aromatic heterocycles. The van der Waals surface area contributed by atoms with Gasteiger partial charge in [-0.15, -0.1) is 11.3 Å². The highest BCUT2D eigenvalue weighted by atomic mass is 32.1. The van der Waals surface area contributed by atoms with Crippen molar-refractivity contribution in [3.05, 3.63) is 53.2 Å². The van der Waals surface area contributed by atoms with Gasteiger partial charge in [-0.25, -0.2) is 9.97 Å². The maximum atomic E-state index is 13.1. The number of ether oxygens (including phenoxy) is 2. The number of pyridine rings is 1. The lowest BCUT2D eigenvalue weighted by Gasteiger charge is -2.18. The SMILES string of the molecule is CC[C@@H](C(=O)Nc1cc(OC)cc(OC)c1)n1cnc2c(sc3ncccc32)c1=O. The summed E-state index contributed by atoms with van der Waals surface area (Å²) in [6.07, 6.45) is 3.54. The number of nitrogens with zero attached hydrogens (tertiary/aromatic N) is 3. The zero-order valence-electron chi connectivity index (χ0n) is 16.7. The number of benzene rings is 1. The molecule has 8 nitrogen and oxygen atoms in total. The van der Waals surface area contributed by atoms with Gasteiger partial charge in [0.1, 0.15) is 27.1 Å². The Morgan fingerprint density at radius 2 is 1.93 bits per heavy atom. The monoisotopic (exact) mass is 424 g/mol. The van der Waals surface area contributed by atoms with E-state index in [1.165, 1.54) is 36.5 Å². The molecule has 1 aromatic carbocycles. The lowest BCUT2D eigenvalue weighted by Crippen LogP contribution is -2.33. The second-order valence-corrected chi connectivity index (χ2v) is 7.61. The summed E-state index contributed by atoms with van der Waals surface area (Å²) in [5, 5.41) is 3.68. The number of carbonyl (C=O) groups excluding carboxylic acids is 1. The standard InChI is InChI=1S/C21H20N4O4S/c1-4-16(19(26)24-12-8-13(28-2)10-14(9-12)29-3)25-11-23-17-15-6-5-7-22-20(15)30-18(17)21(25)27/h5-11,16H,4H2,1-3H3,(H,24,26)/t16-/m0/s1. The van der Waals surface area contributed by atoms with Gasteiger partial charge in [0.05, 0.1) is 26.1 Å². The maximum Gasteiger partial charge on any atom is 0.272 e. The zero-order chi connectivity index (χ0) is 21.3. The Morgan fingerprint density at radius 3 is 2.60 bits per heavy atom. The van der Waals surface area contributed by atoms with E-state index in [-0.39, 0.29) is 11.5 Å². The van der Waals surface area contributed by atoms with Gasteiger partial charge in [-0.1, -0.05) is 6.92 Å². The molecule has 0 saturated heterocycles.